The highest BCUT2D eigenvalue weighted by atomic mass is 16.5. The van der Waals surface area contributed by atoms with Crippen LogP contribution in [0.25, 0.3) is 0 Å². The Morgan fingerprint density at radius 1 is 1.15 bits per heavy atom. The first-order chi connectivity index (χ1) is 12.7. The van der Waals surface area contributed by atoms with Gasteiger partial charge in [0.2, 0.25) is 0 Å². The Morgan fingerprint density at radius 2 is 1.92 bits per heavy atom. The summed E-state index contributed by atoms with van der Waals surface area (Å²) in [4.78, 5) is 6.90. The van der Waals surface area contributed by atoms with Crippen molar-refractivity contribution in [3.63, 3.8) is 0 Å². The summed E-state index contributed by atoms with van der Waals surface area (Å²) in [5, 5.41) is 6.80. The summed E-state index contributed by atoms with van der Waals surface area (Å²) < 4.78 is 10.7. The van der Waals surface area contributed by atoms with E-state index in [-0.39, 0.29) is 0 Å². The number of nitrogens with zero attached hydrogens (tertiary/aromatic N) is 2. The molecule has 6 heteroatoms. The SMILES string of the molecule is CN=C(NCc1ccc(OC)cc1OC)NCC(C)CN1CCCCC1. The maximum atomic E-state index is 5.45. The van der Waals surface area contributed by atoms with Gasteiger partial charge in [-0.3, -0.25) is 4.99 Å². The number of aliphatic imine (C=N–C) groups is 1. The molecule has 0 radical (unpaired) electrons. The second kappa shape index (κ2) is 10.9. The summed E-state index contributed by atoms with van der Waals surface area (Å²) in [6.07, 6.45) is 4.06. The van der Waals surface area contributed by atoms with E-state index in [2.05, 4.69) is 27.4 Å². The summed E-state index contributed by atoms with van der Waals surface area (Å²) in [5.74, 6) is 3.00. The molecule has 0 aromatic heterocycles. The van der Waals surface area contributed by atoms with Crippen LogP contribution < -0.4 is 20.1 Å². The van der Waals surface area contributed by atoms with Crippen LogP contribution in [0.3, 0.4) is 0 Å². The van der Waals surface area contributed by atoms with E-state index < -0.39 is 0 Å². The highest BCUT2D eigenvalue weighted by Crippen LogP contribution is 2.24. The molecule has 0 amide bonds. The lowest BCUT2D eigenvalue weighted by molar-refractivity contribution is 0.201. The summed E-state index contributed by atoms with van der Waals surface area (Å²) in [6, 6.07) is 5.85. The third-order valence-corrected chi connectivity index (χ3v) is 4.80. The Kier molecular flexibility index (Phi) is 8.54. The largest absolute Gasteiger partial charge is 0.497 e. The van der Waals surface area contributed by atoms with E-state index in [0.717, 1.165) is 36.1 Å². The van der Waals surface area contributed by atoms with Crippen LogP contribution >= 0.6 is 0 Å². The molecule has 2 rings (SSSR count). The lowest BCUT2D eigenvalue weighted by atomic mass is 10.1. The molecule has 0 saturated carbocycles. The molecule has 26 heavy (non-hydrogen) atoms. The average Bonchev–Trinajstić information content (AvgIpc) is 2.68. The fourth-order valence-electron chi connectivity index (χ4n) is 3.32. The van der Waals surface area contributed by atoms with E-state index >= 15 is 0 Å². The second-order valence-corrected chi connectivity index (χ2v) is 6.95. The van der Waals surface area contributed by atoms with Crippen molar-refractivity contribution in [2.45, 2.75) is 32.7 Å². The van der Waals surface area contributed by atoms with Crippen molar-refractivity contribution < 1.29 is 9.47 Å². The predicted molar refractivity (Wildman–Crippen MR) is 107 cm³/mol. The number of ether oxygens (including phenoxy) is 2. The Balaban J connectivity index is 1.78. The number of likely N-dealkylation sites (tertiary alicyclic amines) is 1. The van der Waals surface area contributed by atoms with Gasteiger partial charge in [-0.2, -0.15) is 0 Å². The lowest BCUT2D eigenvalue weighted by Gasteiger charge is -2.29. The minimum absolute atomic E-state index is 0.585. The molecule has 0 spiro atoms. The van der Waals surface area contributed by atoms with Crippen molar-refractivity contribution in [3.05, 3.63) is 23.8 Å². The van der Waals surface area contributed by atoms with Gasteiger partial charge in [-0.1, -0.05) is 13.3 Å². The Morgan fingerprint density at radius 3 is 2.58 bits per heavy atom. The molecule has 0 aliphatic carbocycles. The molecule has 1 aliphatic rings. The molecule has 1 saturated heterocycles. The van der Waals surface area contributed by atoms with Crippen LogP contribution in [0.1, 0.15) is 31.7 Å². The second-order valence-electron chi connectivity index (χ2n) is 6.95. The van der Waals surface area contributed by atoms with Crippen LogP contribution in [-0.2, 0) is 6.54 Å². The van der Waals surface area contributed by atoms with Gasteiger partial charge < -0.3 is 25.0 Å². The summed E-state index contributed by atoms with van der Waals surface area (Å²) in [7, 11) is 5.13. The summed E-state index contributed by atoms with van der Waals surface area (Å²) in [6.45, 7) is 7.49. The van der Waals surface area contributed by atoms with Gasteiger partial charge in [0, 0.05) is 38.3 Å². The predicted octanol–water partition coefficient (Wildman–Crippen LogP) is 2.49. The van der Waals surface area contributed by atoms with Crippen molar-refractivity contribution in [2.24, 2.45) is 10.9 Å². The van der Waals surface area contributed by atoms with Gasteiger partial charge in [0.25, 0.3) is 0 Å². The number of guanidine groups is 1. The average molecular weight is 363 g/mol. The highest BCUT2D eigenvalue weighted by Gasteiger charge is 2.14. The molecule has 6 nitrogen and oxygen atoms in total. The van der Waals surface area contributed by atoms with Crippen LogP contribution in [-0.4, -0.2) is 58.3 Å². The third kappa shape index (κ3) is 6.41. The maximum absolute atomic E-state index is 5.45. The minimum atomic E-state index is 0.585. The molecule has 1 aromatic rings. The fraction of sp³-hybridized carbons (Fsp3) is 0.650. The molecule has 146 valence electrons. The molecule has 1 aromatic carbocycles. The number of hydrogen-bond donors (Lipinski definition) is 2. The van der Waals surface area contributed by atoms with Crippen LogP contribution in [0, 0.1) is 5.92 Å². The normalized spacial score (nSPS) is 16.8. The monoisotopic (exact) mass is 362 g/mol. The van der Waals surface area contributed by atoms with Gasteiger partial charge in [-0.05, 0) is 44.0 Å². The molecule has 2 N–H and O–H groups in total. The lowest BCUT2D eigenvalue weighted by Crippen LogP contribution is -2.42. The maximum Gasteiger partial charge on any atom is 0.191 e. The smallest absolute Gasteiger partial charge is 0.191 e. The number of nitrogens with one attached hydrogen (secondary N) is 2. The third-order valence-electron chi connectivity index (χ3n) is 4.80. The zero-order chi connectivity index (χ0) is 18.8. The van der Waals surface area contributed by atoms with Crippen molar-refractivity contribution in [3.8, 4) is 11.5 Å². The fourth-order valence-corrected chi connectivity index (χ4v) is 3.32. The zero-order valence-corrected chi connectivity index (χ0v) is 16.7. The van der Waals surface area contributed by atoms with Crippen LogP contribution in [0.4, 0.5) is 0 Å². The molecule has 0 bridgehead atoms. The molecule has 1 unspecified atom stereocenters. The van der Waals surface area contributed by atoms with Crippen molar-refractivity contribution in [1.29, 1.82) is 0 Å². The van der Waals surface area contributed by atoms with Crippen LogP contribution in [0.2, 0.25) is 0 Å². The van der Waals surface area contributed by atoms with Crippen molar-refractivity contribution in [1.82, 2.24) is 15.5 Å². The van der Waals surface area contributed by atoms with Crippen molar-refractivity contribution >= 4 is 5.96 Å². The molecular weight excluding hydrogens is 328 g/mol. The Labute approximate surface area is 158 Å². The quantitative estimate of drug-likeness (QED) is 0.550. The zero-order valence-electron chi connectivity index (χ0n) is 16.7. The van der Waals surface area contributed by atoms with E-state index in [1.54, 1.807) is 21.3 Å². The van der Waals surface area contributed by atoms with Gasteiger partial charge in [-0.25, -0.2) is 0 Å². The first-order valence-electron chi connectivity index (χ1n) is 9.54. The molecule has 1 fully saturated rings. The number of benzene rings is 1. The molecular formula is C20H34N4O2. The van der Waals surface area contributed by atoms with Gasteiger partial charge >= 0.3 is 0 Å². The minimum Gasteiger partial charge on any atom is -0.497 e. The Hall–Kier alpha value is -1.95. The van der Waals surface area contributed by atoms with E-state index in [4.69, 9.17) is 9.47 Å². The van der Waals surface area contributed by atoms with E-state index in [1.807, 2.05) is 18.2 Å². The van der Waals surface area contributed by atoms with Gasteiger partial charge in [0.1, 0.15) is 11.5 Å². The molecule has 1 atom stereocenters. The number of methoxy groups -OCH3 is 2. The number of rotatable bonds is 8. The standard InChI is InChI=1S/C20H34N4O2/c1-16(15-24-10-6-5-7-11-24)13-22-20(21-2)23-14-17-8-9-18(25-3)12-19(17)26-4/h8-9,12,16H,5-7,10-11,13-15H2,1-4H3,(H2,21,22,23). The highest BCUT2D eigenvalue weighted by molar-refractivity contribution is 5.79. The van der Waals surface area contributed by atoms with Gasteiger partial charge in [0.15, 0.2) is 5.96 Å². The number of hydrogen-bond acceptors (Lipinski definition) is 4. The molecule has 1 aliphatic heterocycles. The molecule has 1 heterocycles. The number of piperidine rings is 1. The van der Waals surface area contributed by atoms with Crippen molar-refractivity contribution in [2.75, 3.05) is 47.4 Å². The van der Waals surface area contributed by atoms with E-state index in [9.17, 15) is 0 Å². The van der Waals surface area contributed by atoms with Gasteiger partial charge in [0.05, 0.1) is 14.2 Å². The first-order valence-corrected chi connectivity index (χ1v) is 9.54. The van der Waals surface area contributed by atoms with Crippen LogP contribution in [0.5, 0.6) is 11.5 Å². The van der Waals surface area contributed by atoms with Gasteiger partial charge in [-0.15, -0.1) is 0 Å². The first kappa shape index (κ1) is 20.4. The summed E-state index contributed by atoms with van der Waals surface area (Å²) >= 11 is 0. The Bertz CT molecular complexity index is 571. The topological polar surface area (TPSA) is 58.1 Å². The summed E-state index contributed by atoms with van der Waals surface area (Å²) in [5.41, 5.74) is 1.07. The van der Waals surface area contributed by atoms with Crippen LogP contribution in [0.15, 0.2) is 23.2 Å². The van der Waals surface area contributed by atoms with E-state index in [0.29, 0.717) is 12.5 Å². The van der Waals surface area contributed by atoms with E-state index in [1.165, 1.54) is 32.4 Å².